The predicted molar refractivity (Wildman–Crippen MR) is 67.9 cm³/mol. The maximum atomic E-state index is 5.97. The molecule has 0 saturated carbocycles. The summed E-state index contributed by atoms with van der Waals surface area (Å²) in [6.07, 6.45) is 0. The quantitative estimate of drug-likeness (QED) is 0.818. The molecule has 1 rings (SSSR count). The third-order valence-corrected chi connectivity index (χ3v) is 3.02. The summed E-state index contributed by atoms with van der Waals surface area (Å²) in [4.78, 5) is 0. The van der Waals surface area contributed by atoms with Crippen molar-refractivity contribution in [3.8, 4) is 5.75 Å². The van der Waals surface area contributed by atoms with E-state index in [-0.39, 0.29) is 12.1 Å². The van der Waals surface area contributed by atoms with E-state index in [2.05, 4.69) is 31.3 Å². The summed E-state index contributed by atoms with van der Waals surface area (Å²) < 4.78 is 5.42. The molecule has 0 aliphatic rings. The Kier molecular flexibility index (Phi) is 4.33. The number of rotatable bonds is 4. The lowest BCUT2D eigenvalue weighted by Gasteiger charge is -2.23. The highest BCUT2D eigenvalue weighted by Crippen LogP contribution is 2.29. The molecule has 0 aliphatic carbocycles. The fraction of sp³-hybridized carbons (Fsp3) is 0.538. The van der Waals surface area contributed by atoms with Gasteiger partial charge in [-0.25, -0.2) is 0 Å². The fourth-order valence-electron chi connectivity index (χ4n) is 1.93. The van der Waals surface area contributed by atoms with E-state index < -0.39 is 0 Å². The number of ether oxygens (including phenoxy) is 1. The maximum absolute atomic E-state index is 5.97. The molecule has 3 nitrogen and oxygen atoms in total. The van der Waals surface area contributed by atoms with Crippen LogP contribution in [0.2, 0.25) is 0 Å². The van der Waals surface area contributed by atoms with Gasteiger partial charge in [0.15, 0.2) is 0 Å². The summed E-state index contributed by atoms with van der Waals surface area (Å²) in [6.45, 7) is 6.18. The lowest BCUT2D eigenvalue weighted by Crippen LogP contribution is -2.34. The van der Waals surface area contributed by atoms with Crippen molar-refractivity contribution in [3.63, 3.8) is 0 Å². The standard InChI is InChI=1S/C13H22N2O/c1-8-6-11(13(15-4)10(3)14)12(16-5)7-9(8)2/h6-7,10,13,15H,14H2,1-5H3. The van der Waals surface area contributed by atoms with Gasteiger partial charge in [0.05, 0.1) is 13.2 Å². The van der Waals surface area contributed by atoms with Crippen LogP contribution in [-0.2, 0) is 0 Å². The molecule has 1 aromatic carbocycles. The van der Waals surface area contributed by atoms with Gasteiger partial charge in [0.25, 0.3) is 0 Å². The number of hydrogen-bond donors (Lipinski definition) is 2. The Morgan fingerprint density at radius 2 is 1.81 bits per heavy atom. The number of hydrogen-bond acceptors (Lipinski definition) is 3. The molecule has 0 bridgehead atoms. The molecule has 2 atom stereocenters. The van der Waals surface area contributed by atoms with Gasteiger partial charge in [-0.2, -0.15) is 0 Å². The Hall–Kier alpha value is -1.06. The molecular formula is C13H22N2O. The van der Waals surface area contributed by atoms with Gasteiger partial charge in [-0.1, -0.05) is 6.07 Å². The zero-order valence-electron chi connectivity index (χ0n) is 10.8. The zero-order valence-corrected chi connectivity index (χ0v) is 10.8. The Labute approximate surface area is 98.0 Å². The van der Waals surface area contributed by atoms with Crippen LogP contribution in [0, 0.1) is 13.8 Å². The van der Waals surface area contributed by atoms with Crippen molar-refractivity contribution >= 4 is 0 Å². The molecular weight excluding hydrogens is 200 g/mol. The molecule has 3 heteroatoms. The monoisotopic (exact) mass is 222 g/mol. The van der Waals surface area contributed by atoms with E-state index in [0.717, 1.165) is 11.3 Å². The van der Waals surface area contributed by atoms with Crippen molar-refractivity contribution in [2.45, 2.75) is 32.9 Å². The summed E-state index contributed by atoms with van der Waals surface area (Å²) in [5.74, 6) is 0.903. The van der Waals surface area contributed by atoms with E-state index in [1.807, 2.05) is 14.0 Å². The highest BCUT2D eigenvalue weighted by atomic mass is 16.5. The van der Waals surface area contributed by atoms with Crippen molar-refractivity contribution in [1.29, 1.82) is 0 Å². The SMILES string of the molecule is CNC(c1cc(C)c(C)cc1OC)C(C)N. The fourth-order valence-corrected chi connectivity index (χ4v) is 1.93. The molecule has 16 heavy (non-hydrogen) atoms. The second-order valence-corrected chi connectivity index (χ2v) is 4.30. The minimum absolute atomic E-state index is 0.0426. The van der Waals surface area contributed by atoms with Gasteiger partial charge in [-0.05, 0) is 45.0 Å². The number of benzene rings is 1. The van der Waals surface area contributed by atoms with Crippen LogP contribution in [0.15, 0.2) is 12.1 Å². The van der Waals surface area contributed by atoms with Crippen LogP contribution in [0.4, 0.5) is 0 Å². The molecule has 0 fully saturated rings. The van der Waals surface area contributed by atoms with Crippen LogP contribution in [0.1, 0.15) is 29.7 Å². The summed E-state index contributed by atoms with van der Waals surface area (Å²) in [7, 11) is 3.62. The number of nitrogens with one attached hydrogen (secondary N) is 1. The second kappa shape index (κ2) is 5.32. The Morgan fingerprint density at radius 1 is 1.25 bits per heavy atom. The van der Waals surface area contributed by atoms with Crippen LogP contribution in [0.5, 0.6) is 5.75 Å². The van der Waals surface area contributed by atoms with Crippen LogP contribution in [0.25, 0.3) is 0 Å². The predicted octanol–water partition coefficient (Wildman–Crippen LogP) is 1.92. The van der Waals surface area contributed by atoms with E-state index in [1.54, 1.807) is 7.11 Å². The van der Waals surface area contributed by atoms with Crippen LogP contribution < -0.4 is 15.8 Å². The van der Waals surface area contributed by atoms with Crippen molar-refractivity contribution in [1.82, 2.24) is 5.32 Å². The Morgan fingerprint density at radius 3 is 2.25 bits per heavy atom. The molecule has 0 aromatic heterocycles. The molecule has 0 aliphatic heterocycles. The first kappa shape index (κ1) is 13.0. The number of aryl methyl sites for hydroxylation is 2. The molecule has 0 heterocycles. The summed E-state index contributed by atoms with van der Waals surface area (Å²) >= 11 is 0. The molecule has 0 spiro atoms. The largest absolute Gasteiger partial charge is 0.496 e. The molecule has 90 valence electrons. The smallest absolute Gasteiger partial charge is 0.123 e. The normalized spacial score (nSPS) is 14.6. The highest BCUT2D eigenvalue weighted by Gasteiger charge is 2.18. The van der Waals surface area contributed by atoms with Crippen molar-refractivity contribution in [3.05, 3.63) is 28.8 Å². The van der Waals surface area contributed by atoms with Crippen molar-refractivity contribution < 1.29 is 4.74 Å². The Balaban J connectivity index is 3.24. The summed E-state index contributed by atoms with van der Waals surface area (Å²) in [5, 5.41) is 3.23. The van der Waals surface area contributed by atoms with E-state index in [9.17, 15) is 0 Å². The molecule has 3 N–H and O–H groups in total. The lowest BCUT2D eigenvalue weighted by atomic mass is 9.96. The number of likely N-dealkylation sites (N-methyl/N-ethyl adjacent to an activating group) is 1. The van der Waals surface area contributed by atoms with Gasteiger partial charge in [-0.3, -0.25) is 0 Å². The molecule has 1 aromatic rings. The topological polar surface area (TPSA) is 47.3 Å². The van der Waals surface area contributed by atoms with Crippen LogP contribution in [-0.4, -0.2) is 20.2 Å². The summed E-state index contributed by atoms with van der Waals surface area (Å²) in [5.41, 5.74) is 9.60. The third-order valence-electron chi connectivity index (χ3n) is 3.02. The average Bonchev–Trinajstić information content (AvgIpc) is 2.23. The van der Waals surface area contributed by atoms with Crippen LogP contribution >= 0.6 is 0 Å². The van der Waals surface area contributed by atoms with Crippen LogP contribution in [0.3, 0.4) is 0 Å². The van der Waals surface area contributed by atoms with Gasteiger partial charge in [0.2, 0.25) is 0 Å². The van der Waals surface area contributed by atoms with Gasteiger partial charge in [0, 0.05) is 11.6 Å². The van der Waals surface area contributed by atoms with Gasteiger partial charge >= 0.3 is 0 Å². The number of nitrogens with two attached hydrogens (primary N) is 1. The van der Waals surface area contributed by atoms with Gasteiger partial charge in [-0.15, -0.1) is 0 Å². The van der Waals surface area contributed by atoms with Crippen molar-refractivity contribution in [2.75, 3.05) is 14.2 Å². The first-order valence-corrected chi connectivity index (χ1v) is 5.59. The van der Waals surface area contributed by atoms with E-state index in [0.29, 0.717) is 0 Å². The molecule has 0 saturated heterocycles. The minimum Gasteiger partial charge on any atom is -0.496 e. The van der Waals surface area contributed by atoms with E-state index in [1.165, 1.54) is 11.1 Å². The Bertz CT molecular complexity index is 361. The molecule has 0 radical (unpaired) electrons. The van der Waals surface area contributed by atoms with E-state index >= 15 is 0 Å². The van der Waals surface area contributed by atoms with E-state index in [4.69, 9.17) is 10.5 Å². The lowest BCUT2D eigenvalue weighted by molar-refractivity contribution is 0.394. The van der Waals surface area contributed by atoms with Gasteiger partial charge in [0.1, 0.15) is 5.75 Å². The second-order valence-electron chi connectivity index (χ2n) is 4.30. The molecule has 2 unspecified atom stereocenters. The zero-order chi connectivity index (χ0) is 12.3. The number of methoxy groups -OCH3 is 1. The maximum Gasteiger partial charge on any atom is 0.123 e. The van der Waals surface area contributed by atoms with Gasteiger partial charge < -0.3 is 15.8 Å². The summed E-state index contributed by atoms with van der Waals surface area (Å²) in [6, 6.07) is 4.38. The first-order valence-electron chi connectivity index (χ1n) is 5.59. The molecule has 0 amide bonds. The first-order chi connectivity index (χ1) is 7.51. The minimum atomic E-state index is 0.0426. The highest BCUT2D eigenvalue weighted by molar-refractivity contribution is 5.44. The third kappa shape index (κ3) is 2.54. The average molecular weight is 222 g/mol. The van der Waals surface area contributed by atoms with Crippen molar-refractivity contribution in [2.24, 2.45) is 5.73 Å².